The number of hydrogen-bond acceptors (Lipinski definition) is 4. The van der Waals surface area contributed by atoms with E-state index in [1.807, 2.05) is 17.1 Å². The number of esters is 1. The van der Waals surface area contributed by atoms with E-state index in [0.29, 0.717) is 25.6 Å². The summed E-state index contributed by atoms with van der Waals surface area (Å²) in [6, 6.07) is 0. The highest BCUT2D eigenvalue weighted by molar-refractivity contribution is 5.91. The van der Waals surface area contributed by atoms with Crippen LogP contribution in [0.4, 0.5) is 0 Å². The number of rotatable bonds is 6. The molecule has 122 valence electrons. The first kappa shape index (κ1) is 15.5. The number of amides is 1. The van der Waals surface area contributed by atoms with E-state index in [9.17, 15) is 9.59 Å². The second-order valence-corrected chi connectivity index (χ2v) is 7.03. The van der Waals surface area contributed by atoms with Gasteiger partial charge in [-0.1, -0.05) is 39.3 Å². The summed E-state index contributed by atoms with van der Waals surface area (Å²) in [4.78, 5) is 27.0. The average molecular weight is 307 g/mol. The van der Waals surface area contributed by atoms with Crippen LogP contribution in [-0.4, -0.2) is 48.2 Å². The van der Waals surface area contributed by atoms with Crippen LogP contribution in [0.15, 0.2) is 12.2 Å². The fourth-order valence-corrected chi connectivity index (χ4v) is 3.86. The highest BCUT2D eigenvalue weighted by Gasteiger charge is 2.67. The van der Waals surface area contributed by atoms with Crippen molar-refractivity contribution in [2.45, 2.75) is 45.3 Å². The number of fused-ring (bicyclic) bond motifs is 1. The van der Waals surface area contributed by atoms with E-state index in [-0.39, 0.29) is 18.0 Å². The van der Waals surface area contributed by atoms with Crippen molar-refractivity contribution in [2.75, 3.05) is 19.7 Å². The lowest BCUT2D eigenvalue weighted by Gasteiger charge is -2.22. The molecule has 0 saturated carbocycles. The first-order valence-corrected chi connectivity index (χ1v) is 8.31. The van der Waals surface area contributed by atoms with Gasteiger partial charge in [-0.2, -0.15) is 0 Å². The molecule has 3 rings (SSSR count). The molecule has 5 heteroatoms. The van der Waals surface area contributed by atoms with Crippen LogP contribution in [0.25, 0.3) is 0 Å². The van der Waals surface area contributed by atoms with Gasteiger partial charge >= 0.3 is 5.97 Å². The topological polar surface area (TPSA) is 55.8 Å². The van der Waals surface area contributed by atoms with Gasteiger partial charge in [-0.3, -0.25) is 9.59 Å². The lowest BCUT2D eigenvalue weighted by molar-refractivity contribution is -0.154. The fourth-order valence-electron chi connectivity index (χ4n) is 3.86. The molecule has 2 bridgehead atoms. The van der Waals surface area contributed by atoms with Gasteiger partial charge in [0.15, 0.2) is 0 Å². The van der Waals surface area contributed by atoms with Crippen LogP contribution in [0.5, 0.6) is 0 Å². The van der Waals surface area contributed by atoms with Gasteiger partial charge in [-0.15, -0.1) is 0 Å². The maximum atomic E-state index is 12.8. The smallest absolute Gasteiger partial charge is 0.312 e. The van der Waals surface area contributed by atoms with E-state index in [1.54, 1.807) is 0 Å². The standard InChI is InChI=1S/C17H25NO4/c1-4-5-8-21-16(20)13-12-6-7-17(22-12)10-18(9-11(2)3)15(19)14(13)17/h6-7,11-14H,4-5,8-10H2,1-3H3/t12-,13?,14+,17-/m1/s1. The van der Waals surface area contributed by atoms with Crippen molar-refractivity contribution < 1.29 is 19.1 Å². The van der Waals surface area contributed by atoms with Crippen molar-refractivity contribution in [1.29, 1.82) is 0 Å². The summed E-state index contributed by atoms with van der Waals surface area (Å²) >= 11 is 0. The molecule has 2 fully saturated rings. The number of ether oxygens (including phenoxy) is 2. The van der Waals surface area contributed by atoms with E-state index in [4.69, 9.17) is 9.47 Å². The summed E-state index contributed by atoms with van der Waals surface area (Å²) in [5.74, 6) is -0.732. The molecule has 0 aliphatic carbocycles. The van der Waals surface area contributed by atoms with Gasteiger partial charge < -0.3 is 14.4 Å². The van der Waals surface area contributed by atoms with E-state index in [0.717, 1.165) is 12.8 Å². The summed E-state index contributed by atoms with van der Waals surface area (Å²) in [6.07, 6.45) is 5.43. The number of hydrogen-bond donors (Lipinski definition) is 0. The van der Waals surface area contributed by atoms with Crippen molar-refractivity contribution in [3.8, 4) is 0 Å². The van der Waals surface area contributed by atoms with Crippen molar-refractivity contribution >= 4 is 11.9 Å². The monoisotopic (exact) mass is 307 g/mol. The van der Waals surface area contributed by atoms with Gasteiger partial charge in [0.25, 0.3) is 0 Å². The molecular formula is C17H25NO4. The first-order chi connectivity index (χ1) is 10.5. The fraction of sp³-hybridized carbons (Fsp3) is 0.765. The Labute approximate surface area is 131 Å². The SMILES string of the molecule is CCCCOC(=O)C1[C@H]2C(=O)N(CC(C)C)C[C@]23C=C[C@H]1O3. The van der Waals surface area contributed by atoms with E-state index >= 15 is 0 Å². The zero-order valence-electron chi connectivity index (χ0n) is 13.6. The molecule has 2 saturated heterocycles. The van der Waals surface area contributed by atoms with Gasteiger partial charge in [0.1, 0.15) is 11.5 Å². The molecule has 3 aliphatic rings. The quantitative estimate of drug-likeness (QED) is 0.426. The second-order valence-electron chi connectivity index (χ2n) is 7.03. The maximum Gasteiger partial charge on any atom is 0.312 e. The predicted molar refractivity (Wildman–Crippen MR) is 81.0 cm³/mol. The van der Waals surface area contributed by atoms with Gasteiger partial charge in [0.05, 0.1) is 25.2 Å². The molecule has 22 heavy (non-hydrogen) atoms. The zero-order chi connectivity index (χ0) is 15.9. The van der Waals surface area contributed by atoms with Crippen molar-refractivity contribution in [2.24, 2.45) is 17.8 Å². The summed E-state index contributed by atoms with van der Waals surface area (Å²) < 4.78 is 11.4. The molecule has 0 aromatic heterocycles. The van der Waals surface area contributed by atoms with Crippen molar-refractivity contribution in [3.05, 3.63) is 12.2 Å². The van der Waals surface area contributed by atoms with E-state index < -0.39 is 17.4 Å². The Morgan fingerprint density at radius 1 is 1.55 bits per heavy atom. The number of nitrogens with zero attached hydrogens (tertiary/aromatic N) is 1. The zero-order valence-corrected chi connectivity index (χ0v) is 13.6. The van der Waals surface area contributed by atoms with E-state index in [2.05, 4.69) is 20.8 Å². The van der Waals surface area contributed by atoms with Gasteiger partial charge in [0, 0.05) is 6.54 Å². The Kier molecular flexibility index (Phi) is 4.02. The van der Waals surface area contributed by atoms with Crippen LogP contribution in [0, 0.1) is 17.8 Å². The molecule has 5 nitrogen and oxygen atoms in total. The summed E-state index contributed by atoms with van der Waals surface area (Å²) in [5, 5.41) is 0. The molecule has 1 amide bonds. The molecule has 1 unspecified atom stereocenters. The van der Waals surface area contributed by atoms with E-state index in [1.165, 1.54) is 0 Å². The summed E-state index contributed by atoms with van der Waals surface area (Å²) in [6.45, 7) is 7.91. The Morgan fingerprint density at radius 2 is 2.32 bits per heavy atom. The number of unbranched alkanes of at least 4 members (excludes halogenated alkanes) is 1. The molecule has 3 heterocycles. The molecule has 0 aromatic carbocycles. The van der Waals surface area contributed by atoms with Crippen molar-refractivity contribution in [3.63, 3.8) is 0 Å². The van der Waals surface area contributed by atoms with Crippen LogP contribution in [0.1, 0.15) is 33.6 Å². The van der Waals surface area contributed by atoms with Crippen LogP contribution >= 0.6 is 0 Å². The number of likely N-dealkylation sites (tertiary alicyclic amines) is 1. The lowest BCUT2D eigenvalue weighted by atomic mass is 9.77. The van der Waals surface area contributed by atoms with Crippen LogP contribution < -0.4 is 0 Å². The molecule has 0 aromatic rings. The Morgan fingerprint density at radius 3 is 3.00 bits per heavy atom. The highest BCUT2D eigenvalue weighted by Crippen LogP contribution is 2.52. The molecule has 3 aliphatic heterocycles. The minimum Gasteiger partial charge on any atom is -0.465 e. The Balaban J connectivity index is 1.76. The van der Waals surface area contributed by atoms with Crippen molar-refractivity contribution in [1.82, 2.24) is 4.90 Å². The molecular weight excluding hydrogens is 282 g/mol. The third-order valence-corrected chi connectivity index (χ3v) is 4.78. The second kappa shape index (κ2) is 5.69. The molecule has 4 atom stereocenters. The first-order valence-electron chi connectivity index (χ1n) is 8.31. The van der Waals surface area contributed by atoms with Gasteiger partial charge in [-0.05, 0) is 12.3 Å². The largest absolute Gasteiger partial charge is 0.465 e. The molecule has 0 radical (unpaired) electrons. The Hall–Kier alpha value is -1.36. The normalized spacial score (nSPS) is 35.5. The molecule has 0 N–H and O–H groups in total. The number of carbonyl (C=O) groups excluding carboxylic acids is 2. The van der Waals surface area contributed by atoms with Gasteiger partial charge in [0.2, 0.25) is 5.91 Å². The maximum absolute atomic E-state index is 12.8. The van der Waals surface area contributed by atoms with Crippen LogP contribution in [0.2, 0.25) is 0 Å². The van der Waals surface area contributed by atoms with Gasteiger partial charge in [-0.25, -0.2) is 0 Å². The highest BCUT2D eigenvalue weighted by atomic mass is 16.6. The van der Waals surface area contributed by atoms with Crippen LogP contribution in [-0.2, 0) is 19.1 Å². The number of carbonyl (C=O) groups is 2. The summed E-state index contributed by atoms with van der Waals surface area (Å²) in [5.41, 5.74) is -0.606. The lowest BCUT2D eigenvalue weighted by Crippen LogP contribution is -2.40. The third kappa shape index (κ3) is 2.35. The predicted octanol–water partition coefficient (Wildman–Crippen LogP) is 1.77. The average Bonchev–Trinajstić information content (AvgIpc) is 3.07. The minimum absolute atomic E-state index is 0.0398. The summed E-state index contributed by atoms with van der Waals surface area (Å²) in [7, 11) is 0. The molecule has 1 spiro atoms. The minimum atomic E-state index is -0.606. The van der Waals surface area contributed by atoms with Crippen LogP contribution in [0.3, 0.4) is 0 Å². The Bertz CT molecular complexity index is 501. The third-order valence-electron chi connectivity index (χ3n) is 4.78.